The van der Waals surface area contributed by atoms with Crippen LogP contribution in [-0.4, -0.2) is 11.2 Å². The Labute approximate surface area is 62.0 Å². The normalized spacial score (nSPS) is 16.1. The van der Waals surface area contributed by atoms with E-state index in [-0.39, 0.29) is 0 Å². The van der Waals surface area contributed by atoms with Gasteiger partial charge in [-0.2, -0.15) is 0 Å². The molecule has 0 rings (SSSR count). The van der Waals surface area contributed by atoms with E-state index in [4.69, 9.17) is 10.8 Å². The number of allylic oxidation sites excluding steroid dienone is 3. The van der Waals surface area contributed by atoms with Crippen LogP contribution in [0.5, 0.6) is 0 Å². The van der Waals surface area contributed by atoms with Gasteiger partial charge >= 0.3 is 0 Å². The summed E-state index contributed by atoms with van der Waals surface area (Å²) in [6, 6.07) is 0. The second-order valence-corrected chi connectivity index (χ2v) is 2.18. The minimum atomic E-state index is -0.540. The molecule has 0 radical (unpaired) electrons. The van der Waals surface area contributed by atoms with Gasteiger partial charge < -0.3 is 10.8 Å². The molecule has 2 heteroatoms. The van der Waals surface area contributed by atoms with Crippen molar-refractivity contribution >= 4 is 0 Å². The number of aliphatic hydroxyl groups is 1. The molecule has 3 N–H and O–H groups in total. The molecule has 1 unspecified atom stereocenters. The summed E-state index contributed by atoms with van der Waals surface area (Å²) in [5.41, 5.74) is 5.92. The van der Waals surface area contributed by atoms with Crippen LogP contribution in [0.2, 0.25) is 0 Å². The van der Waals surface area contributed by atoms with Crippen LogP contribution in [0, 0.1) is 0 Å². The van der Waals surface area contributed by atoms with Crippen LogP contribution in [-0.2, 0) is 0 Å². The van der Waals surface area contributed by atoms with Crippen molar-refractivity contribution in [3.63, 3.8) is 0 Å². The van der Waals surface area contributed by atoms with Crippen LogP contribution in [0.3, 0.4) is 0 Å². The Bertz CT molecular complexity index is 136. The van der Waals surface area contributed by atoms with Crippen molar-refractivity contribution in [3.05, 3.63) is 23.9 Å². The third-order valence-corrected chi connectivity index (χ3v) is 1.14. The smallest absolute Gasteiger partial charge is 0.0904 e. The van der Waals surface area contributed by atoms with E-state index in [2.05, 4.69) is 0 Å². The van der Waals surface area contributed by atoms with Gasteiger partial charge in [-0.25, -0.2) is 0 Å². The Morgan fingerprint density at radius 2 is 2.30 bits per heavy atom. The lowest BCUT2D eigenvalue weighted by atomic mass is 10.2. The molecular weight excluding hydrogens is 126 g/mol. The van der Waals surface area contributed by atoms with E-state index in [1.54, 1.807) is 13.0 Å². The molecule has 0 saturated heterocycles. The van der Waals surface area contributed by atoms with E-state index in [9.17, 15) is 0 Å². The maximum atomic E-state index is 8.89. The highest BCUT2D eigenvalue weighted by Gasteiger charge is 1.94. The number of rotatable bonds is 3. The van der Waals surface area contributed by atoms with Gasteiger partial charge in [0.1, 0.15) is 0 Å². The number of nitrogens with two attached hydrogens (primary N) is 1. The zero-order valence-corrected chi connectivity index (χ0v) is 6.54. The first-order chi connectivity index (χ1) is 4.68. The molecule has 0 aliphatic rings. The second kappa shape index (κ2) is 5.06. The van der Waals surface area contributed by atoms with E-state index in [0.29, 0.717) is 5.70 Å². The summed E-state index contributed by atoms with van der Waals surface area (Å²) in [7, 11) is 0. The summed E-state index contributed by atoms with van der Waals surface area (Å²) < 4.78 is 0. The fraction of sp³-hybridized carbons (Fsp3) is 0.500. The fourth-order valence-corrected chi connectivity index (χ4v) is 0.454. The van der Waals surface area contributed by atoms with Crippen molar-refractivity contribution < 1.29 is 5.11 Å². The predicted molar refractivity (Wildman–Crippen MR) is 43.4 cm³/mol. The van der Waals surface area contributed by atoms with Gasteiger partial charge in [0.15, 0.2) is 0 Å². The SMILES string of the molecule is CC/C=C\C=C(\N)C(C)O. The van der Waals surface area contributed by atoms with Crippen molar-refractivity contribution in [2.45, 2.75) is 26.4 Å². The van der Waals surface area contributed by atoms with Gasteiger partial charge in [0, 0.05) is 5.70 Å². The molecule has 0 fully saturated rings. The lowest BCUT2D eigenvalue weighted by molar-refractivity contribution is 0.230. The van der Waals surface area contributed by atoms with Crippen molar-refractivity contribution in [2.24, 2.45) is 5.73 Å². The van der Waals surface area contributed by atoms with E-state index in [0.717, 1.165) is 6.42 Å². The Kier molecular flexibility index (Phi) is 4.67. The van der Waals surface area contributed by atoms with E-state index >= 15 is 0 Å². The topological polar surface area (TPSA) is 46.2 Å². The lowest BCUT2D eigenvalue weighted by Crippen LogP contribution is -2.12. The highest BCUT2D eigenvalue weighted by Crippen LogP contribution is 1.93. The largest absolute Gasteiger partial charge is 0.400 e. The molecule has 0 bridgehead atoms. The molecule has 10 heavy (non-hydrogen) atoms. The summed E-state index contributed by atoms with van der Waals surface area (Å²) in [6.07, 6.45) is 6.00. The molecule has 1 atom stereocenters. The minimum absolute atomic E-state index is 0.504. The number of aliphatic hydroxyl groups excluding tert-OH is 1. The first kappa shape index (κ1) is 9.24. The zero-order valence-electron chi connectivity index (χ0n) is 6.54. The van der Waals surface area contributed by atoms with E-state index in [1.807, 2.05) is 19.1 Å². The molecule has 0 heterocycles. The van der Waals surface area contributed by atoms with Crippen molar-refractivity contribution in [2.75, 3.05) is 0 Å². The standard InChI is InChI=1S/C8H15NO/c1-3-4-5-6-8(9)7(2)10/h4-7,10H,3,9H2,1-2H3/b5-4-,8-6+. The van der Waals surface area contributed by atoms with Crippen LogP contribution in [0.4, 0.5) is 0 Å². The number of hydrogen-bond acceptors (Lipinski definition) is 2. The summed E-state index contributed by atoms with van der Waals surface area (Å²) in [5.74, 6) is 0. The Balaban J connectivity index is 3.79. The summed E-state index contributed by atoms with van der Waals surface area (Å²) in [5, 5.41) is 8.89. The molecule has 0 aromatic rings. The van der Waals surface area contributed by atoms with Crippen molar-refractivity contribution in [1.29, 1.82) is 0 Å². The van der Waals surface area contributed by atoms with Gasteiger partial charge in [-0.1, -0.05) is 19.1 Å². The molecule has 0 amide bonds. The van der Waals surface area contributed by atoms with Gasteiger partial charge in [0.25, 0.3) is 0 Å². The zero-order chi connectivity index (χ0) is 7.98. The van der Waals surface area contributed by atoms with Gasteiger partial charge in [-0.05, 0) is 19.4 Å². The van der Waals surface area contributed by atoms with Crippen LogP contribution in [0.1, 0.15) is 20.3 Å². The Morgan fingerprint density at radius 1 is 1.70 bits per heavy atom. The molecule has 0 saturated carbocycles. The molecular formula is C8H15NO. The quantitative estimate of drug-likeness (QED) is 0.580. The second-order valence-electron chi connectivity index (χ2n) is 2.18. The molecule has 0 spiro atoms. The van der Waals surface area contributed by atoms with E-state index < -0.39 is 6.10 Å². The summed E-state index contributed by atoms with van der Waals surface area (Å²) in [6.45, 7) is 3.69. The minimum Gasteiger partial charge on any atom is -0.400 e. The van der Waals surface area contributed by atoms with Gasteiger partial charge in [0.05, 0.1) is 6.10 Å². The third-order valence-electron chi connectivity index (χ3n) is 1.14. The molecule has 58 valence electrons. The molecule has 0 aliphatic carbocycles. The molecule has 0 aromatic carbocycles. The average molecular weight is 141 g/mol. The third kappa shape index (κ3) is 4.15. The van der Waals surface area contributed by atoms with Gasteiger partial charge in [-0.15, -0.1) is 0 Å². The predicted octanol–water partition coefficient (Wildman–Crippen LogP) is 1.18. The van der Waals surface area contributed by atoms with Gasteiger partial charge in [-0.3, -0.25) is 0 Å². The molecule has 0 aromatic heterocycles. The van der Waals surface area contributed by atoms with Crippen LogP contribution in [0.15, 0.2) is 23.9 Å². The Morgan fingerprint density at radius 3 is 2.70 bits per heavy atom. The first-order valence-electron chi connectivity index (χ1n) is 3.48. The van der Waals surface area contributed by atoms with Crippen LogP contribution < -0.4 is 5.73 Å². The monoisotopic (exact) mass is 141 g/mol. The average Bonchev–Trinajstić information content (AvgIpc) is 1.88. The maximum absolute atomic E-state index is 8.89. The Hall–Kier alpha value is -0.760. The van der Waals surface area contributed by atoms with Crippen molar-refractivity contribution in [3.8, 4) is 0 Å². The maximum Gasteiger partial charge on any atom is 0.0904 e. The van der Waals surface area contributed by atoms with Crippen LogP contribution in [0.25, 0.3) is 0 Å². The highest BCUT2D eigenvalue weighted by atomic mass is 16.3. The lowest BCUT2D eigenvalue weighted by Gasteiger charge is -2.00. The van der Waals surface area contributed by atoms with Crippen LogP contribution >= 0.6 is 0 Å². The molecule has 0 aliphatic heterocycles. The summed E-state index contributed by atoms with van der Waals surface area (Å²) in [4.78, 5) is 0. The summed E-state index contributed by atoms with van der Waals surface area (Å²) >= 11 is 0. The number of hydrogen-bond donors (Lipinski definition) is 2. The first-order valence-corrected chi connectivity index (χ1v) is 3.48. The molecule has 2 nitrogen and oxygen atoms in total. The van der Waals surface area contributed by atoms with Gasteiger partial charge in [0.2, 0.25) is 0 Å². The van der Waals surface area contributed by atoms with Crippen molar-refractivity contribution in [1.82, 2.24) is 0 Å². The highest BCUT2D eigenvalue weighted by molar-refractivity contribution is 5.11. The van der Waals surface area contributed by atoms with E-state index in [1.165, 1.54) is 0 Å². The fourth-order valence-electron chi connectivity index (χ4n) is 0.454.